The lowest BCUT2D eigenvalue weighted by Gasteiger charge is -2.35. The maximum absolute atomic E-state index is 13.8. The van der Waals surface area contributed by atoms with Crippen LogP contribution in [0.2, 0.25) is 0 Å². The van der Waals surface area contributed by atoms with E-state index in [1.165, 1.54) is 11.1 Å². The molecule has 0 bridgehead atoms. The summed E-state index contributed by atoms with van der Waals surface area (Å²) in [4.78, 5) is 13.1. The Bertz CT molecular complexity index is 872. The van der Waals surface area contributed by atoms with E-state index in [9.17, 15) is 9.36 Å². The third-order valence-electron chi connectivity index (χ3n) is 5.32. The molecule has 0 saturated heterocycles. The van der Waals surface area contributed by atoms with E-state index in [0.717, 1.165) is 24.8 Å². The quantitative estimate of drug-likeness (QED) is 0.120. The van der Waals surface area contributed by atoms with Crippen molar-refractivity contribution >= 4 is 13.6 Å². The van der Waals surface area contributed by atoms with Crippen LogP contribution in [0.4, 0.5) is 0 Å². The molecule has 0 spiro atoms. The van der Waals surface area contributed by atoms with Crippen LogP contribution in [-0.2, 0) is 29.6 Å². The number of carbonyl (C=O) groups excluding carboxylic acids is 1. The van der Waals surface area contributed by atoms with Gasteiger partial charge >= 0.3 is 13.6 Å². The van der Waals surface area contributed by atoms with E-state index in [1.807, 2.05) is 31.2 Å². The number of allylic oxidation sites excluding steroid dienone is 4. The zero-order valence-electron chi connectivity index (χ0n) is 20.8. The summed E-state index contributed by atoms with van der Waals surface area (Å²) in [6.45, 7) is 9.68. The Morgan fingerprint density at radius 3 is 2.21 bits per heavy atom. The van der Waals surface area contributed by atoms with Gasteiger partial charge in [-0.05, 0) is 65.9 Å². The van der Waals surface area contributed by atoms with Crippen LogP contribution >= 0.6 is 7.60 Å². The number of rotatable bonds is 15. The molecule has 33 heavy (non-hydrogen) atoms. The molecule has 0 N–H and O–H groups in total. The zero-order chi connectivity index (χ0) is 24.7. The number of terminal acetylenes is 1. The molecule has 0 saturated carbocycles. The van der Waals surface area contributed by atoms with Crippen LogP contribution in [0, 0.1) is 12.3 Å². The molecule has 1 unspecified atom stereocenters. The van der Waals surface area contributed by atoms with E-state index < -0.39 is 18.7 Å². The summed E-state index contributed by atoms with van der Waals surface area (Å²) in [5, 5.41) is -1.57. The lowest BCUT2D eigenvalue weighted by Crippen LogP contribution is -2.41. The van der Waals surface area contributed by atoms with Crippen LogP contribution in [0.5, 0.6) is 0 Å². The van der Waals surface area contributed by atoms with Crippen molar-refractivity contribution in [3.63, 3.8) is 0 Å². The van der Waals surface area contributed by atoms with E-state index >= 15 is 0 Å². The summed E-state index contributed by atoms with van der Waals surface area (Å²) in [5.41, 5.74) is 3.66. The molecule has 5 nitrogen and oxygen atoms in total. The van der Waals surface area contributed by atoms with Crippen molar-refractivity contribution in [1.82, 2.24) is 0 Å². The first-order valence-electron chi connectivity index (χ1n) is 11.6. The molecule has 1 rings (SSSR count). The fourth-order valence-corrected chi connectivity index (χ4v) is 5.72. The van der Waals surface area contributed by atoms with Gasteiger partial charge in [-0.2, -0.15) is 0 Å². The molecule has 1 atom stereocenters. The Morgan fingerprint density at radius 1 is 1.03 bits per heavy atom. The number of hydrogen-bond donors (Lipinski definition) is 0. The number of esters is 1. The second-order valence-corrected chi connectivity index (χ2v) is 10.3. The highest BCUT2D eigenvalue weighted by Crippen LogP contribution is 2.63. The maximum atomic E-state index is 13.8. The predicted molar refractivity (Wildman–Crippen MR) is 135 cm³/mol. The van der Waals surface area contributed by atoms with Crippen molar-refractivity contribution < 1.29 is 23.1 Å². The van der Waals surface area contributed by atoms with Crippen LogP contribution in [0.15, 0.2) is 53.6 Å². The molecule has 0 aromatic heterocycles. The van der Waals surface area contributed by atoms with Gasteiger partial charge in [-0.3, -0.25) is 9.36 Å². The van der Waals surface area contributed by atoms with Gasteiger partial charge in [0.15, 0.2) is 5.16 Å². The summed E-state index contributed by atoms with van der Waals surface area (Å²) in [7, 11) is -3.87. The fraction of sp³-hybridized carbons (Fsp3) is 0.519. The van der Waals surface area contributed by atoms with Crippen molar-refractivity contribution in [3.8, 4) is 12.3 Å². The summed E-state index contributed by atoms with van der Waals surface area (Å²) in [5.74, 6) is 1.86. The molecule has 0 aliphatic heterocycles. The van der Waals surface area contributed by atoms with Crippen LogP contribution in [0.1, 0.15) is 65.9 Å². The lowest BCUT2D eigenvalue weighted by atomic mass is 9.97. The average molecular weight is 475 g/mol. The summed E-state index contributed by atoms with van der Waals surface area (Å²) in [6.07, 6.45) is 12.4. The van der Waals surface area contributed by atoms with Crippen LogP contribution in [-0.4, -0.2) is 30.9 Å². The van der Waals surface area contributed by atoms with Crippen LogP contribution in [0.25, 0.3) is 0 Å². The highest BCUT2D eigenvalue weighted by Gasteiger charge is 2.57. The minimum absolute atomic E-state index is 0.0943. The van der Waals surface area contributed by atoms with Crippen molar-refractivity contribution in [2.45, 2.75) is 71.9 Å². The van der Waals surface area contributed by atoms with Crippen molar-refractivity contribution in [1.29, 1.82) is 0 Å². The highest BCUT2D eigenvalue weighted by molar-refractivity contribution is 7.56. The monoisotopic (exact) mass is 474 g/mol. The Kier molecular flexibility index (Phi) is 13.1. The first-order valence-corrected chi connectivity index (χ1v) is 13.2. The first-order chi connectivity index (χ1) is 15.8. The van der Waals surface area contributed by atoms with E-state index in [1.54, 1.807) is 20.8 Å². The summed E-state index contributed by atoms with van der Waals surface area (Å²) in [6, 6.07) is 10.4. The largest absolute Gasteiger partial charge is 0.465 e. The second-order valence-electron chi connectivity index (χ2n) is 7.97. The van der Waals surface area contributed by atoms with E-state index in [4.69, 9.17) is 20.2 Å². The third-order valence-corrected chi connectivity index (χ3v) is 8.09. The highest BCUT2D eigenvalue weighted by atomic mass is 31.2. The minimum Gasteiger partial charge on any atom is -0.465 e. The summed E-state index contributed by atoms with van der Waals surface area (Å²) < 4.78 is 30.2. The van der Waals surface area contributed by atoms with Crippen molar-refractivity contribution in [2.75, 3.05) is 19.8 Å². The van der Waals surface area contributed by atoms with Gasteiger partial charge in [0.2, 0.25) is 0 Å². The van der Waals surface area contributed by atoms with E-state index in [0.29, 0.717) is 0 Å². The molecule has 0 aliphatic carbocycles. The fourth-order valence-electron chi connectivity index (χ4n) is 3.59. The minimum atomic E-state index is -3.87. The lowest BCUT2D eigenvalue weighted by molar-refractivity contribution is -0.147. The smallest absolute Gasteiger partial charge is 0.349 e. The van der Waals surface area contributed by atoms with Crippen LogP contribution < -0.4 is 0 Å². The standard InChI is InChI=1S/C27H39O5P/c1-7-20-27(26(28)30-8-2,33(29,31-9-3)32-10-4)21-19-23(5)15-14-16-24(6)22-25-17-12-11-13-18-25/h1,11-13,16-19H,8-10,14-15,20-22H2,2-6H3/b23-19+,24-16+. The summed E-state index contributed by atoms with van der Waals surface area (Å²) >= 11 is 0. The molecule has 0 radical (unpaired) electrons. The third kappa shape index (κ3) is 8.63. The number of ether oxygens (including phenoxy) is 1. The normalized spacial score (nSPS) is 14.4. The number of carbonyl (C=O) groups is 1. The zero-order valence-corrected chi connectivity index (χ0v) is 21.7. The number of hydrogen-bond acceptors (Lipinski definition) is 5. The van der Waals surface area contributed by atoms with Crippen LogP contribution in [0.3, 0.4) is 0 Å². The van der Waals surface area contributed by atoms with E-state index in [-0.39, 0.29) is 32.7 Å². The Balaban J connectivity index is 3.03. The predicted octanol–water partition coefficient (Wildman–Crippen LogP) is 6.88. The Hall–Kier alpha value is -2.12. The van der Waals surface area contributed by atoms with Gasteiger partial charge < -0.3 is 13.8 Å². The van der Waals surface area contributed by atoms with Gasteiger partial charge in [0.05, 0.1) is 19.8 Å². The maximum Gasteiger partial charge on any atom is 0.349 e. The first kappa shape index (κ1) is 28.9. The Labute approximate surface area is 200 Å². The van der Waals surface area contributed by atoms with E-state index in [2.05, 4.69) is 31.1 Å². The number of benzene rings is 1. The van der Waals surface area contributed by atoms with Gasteiger partial charge in [-0.25, -0.2) is 0 Å². The molecule has 0 fully saturated rings. The molecule has 1 aromatic rings. The topological polar surface area (TPSA) is 61.8 Å². The molecular weight excluding hydrogens is 435 g/mol. The van der Waals surface area contributed by atoms with Gasteiger partial charge in [0.25, 0.3) is 0 Å². The molecule has 6 heteroatoms. The average Bonchev–Trinajstić information content (AvgIpc) is 2.77. The molecule has 0 heterocycles. The second kappa shape index (κ2) is 14.9. The molecule has 0 amide bonds. The van der Waals surface area contributed by atoms with Gasteiger partial charge in [-0.1, -0.05) is 53.6 Å². The van der Waals surface area contributed by atoms with Gasteiger partial charge in [0.1, 0.15) is 0 Å². The molecule has 182 valence electrons. The Morgan fingerprint density at radius 2 is 1.67 bits per heavy atom. The molecule has 0 aliphatic rings. The van der Waals surface area contributed by atoms with Crippen molar-refractivity contribution in [3.05, 3.63) is 59.2 Å². The molecule has 1 aromatic carbocycles. The SMILES string of the molecule is C#CCC(C/C=C(\C)CC/C=C(\C)Cc1ccccc1)(C(=O)OCC)P(=O)(OCC)OCC. The van der Waals surface area contributed by atoms with Crippen molar-refractivity contribution in [2.24, 2.45) is 0 Å². The molecular formula is C27H39O5P. The van der Waals surface area contributed by atoms with Gasteiger partial charge in [0, 0.05) is 6.42 Å². The van der Waals surface area contributed by atoms with Gasteiger partial charge in [-0.15, -0.1) is 12.3 Å².